The number of nitro benzene ring substituents is 1. The van der Waals surface area contributed by atoms with Crippen LogP contribution >= 0.6 is 23.2 Å². The van der Waals surface area contributed by atoms with E-state index in [4.69, 9.17) is 37.1 Å². The minimum Gasteiger partial charge on any atom is -0.495 e. The number of hydrogen-bond acceptors (Lipinski definition) is 7. The first-order valence-corrected chi connectivity index (χ1v) is 17.8. The number of fused-ring (bicyclic) bond motifs is 1. The summed E-state index contributed by atoms with van der Waals surface area (Å²) in [5, 5.41) is 12.6. The summed E-state index contributed by atoms with van der Waals surface area (Å²) in [5.41, 5.74) is 0.807. The first kappa shape index (κ1) is 33.6. The van der Waals surface area contributed by atoms with Gasteiger partial charge in [0.05, 0.1) is 39.9 Å². The lowest BCUT2D eigenvalue weighted by Crippen LogP contribution is -2.45. The molecule has 4 rings (SSSR count). The van der Waals surface area contributed by atoms with E-state index in [2.05, 4.69) is 43.8 Å². The summed E-state index contributed by atoms with van der Waals surface area (Å²) < 4.78 is 17.5. The Balaban J connectivity index is 1.87. The van der Waals surface area contributed by atoms with Gasteiger partial charge in [0.1, 0.15) is 16.9 Å². The quantitative estimate of drug-likeness (QED) is 0.100. The van der Waals surface area contributed by atoms with Crippen LogP contribution in [-0.2, 0) is 14.6 Å². The van der Waals surface area contributed by atoms with Crippen molar-refractivity contribution in [1.29, 1.82) is 0 Å². The number of nitrogens with zero attached hydrogens (tertiary/aromatic N) is 3. The fraction of sp³-hybridized carbons (Fsp3) is 0.406. The van der Waals surface area contributed by atoms with Gasteiger partial charge in [0.25, 0.3) is 11.6 Å². The van der Waals surface area contributed by atoms with Gasteiger partial charge in [0.15, 0.2) is 8.32 Å². The van der Waals surface area contributed by atoms with Crippen molar-refractivity contribution < 1.29 is 23.6 Å². The van der Waals surface area contributed by atoms with Crippen LogP contribution in [0.4, 0.5) is 5.69 Å². The number of aromatic nitrogens is 1. The molecule has 0 aliphatic carbocycles. The van der Waals surface area contributed by atoms with Gasteiger partial charge in [0, 0.05) is 42.1 Å². The Labute approximate surface area is 268 Å². The van der Waals surface area contributed by atoms with Gasteiger partial charge >= 0.3 is 0 Å². The molecule has 1 aromatic heterocycles. The van der Waals surface area contributed by atoms with Crippen molar-refractivity contribution in [2.24, 2.45) is 4.99 Å². The Morgan fingerprint density at radius 2 is 1.64 bits per heavy atom. The summed E-state index contributed by atoms with van der Waals surface area (Å²) in [5.74, 6) is 0.123. The molecule has 1 aliphatic rings. The number of aryl methyl sites for hydroxylation is 1. The molecule has 0 fully saturated rings. The number of carbonyl (C=O) groups is 1. The highest BCUT2D eigenvalue weighted by Crippen LogP contribution is 2.49. The second-order valence-corrected chi connectivity index (χ2v) is 18.0. The molecule has 234 valence electrons. The summed E-state index contributed by atoms with van der Waals surface area (Å²) in [4.78, 5) is 34.4. The summed E-state index contributed by atoms with van der Waals surface area (Å²) >= 11 is 13.8. The molecule has 0 bridgehead atoms. The molecular weight excluding hydrogens is 621 g/mol. The molecule has 0 saturated carbocycles. The highest BCUT2D eigenvalue weighted by molar-refractivity contribution is 6.74. The normalized spacial score (nSPS) is 16.5. The van der Waals surface area contributed by atoms with Gasteiger partial charge in [-0.25, -0.2) is 4.99 Å². The van der Waals surface area contributed by atoms with Crippen LogP contribution in [0.1, 0.15) is 44.7 Å². The van der Waals surface area contributed by atoms with Crippen molar-refractivity contribution in [3.05, 3.63) is 78.5 Å². The predicted molar refractivity (Wildman–Crippen MR) is 175 cm³/mol. The third kappa shape index (κ3) is 6.40. The van der Waals surface area contributed by atoms with E-state index in [-0.39, 0.29) is 27.2 Å². The number of amides is 1. The van der Waals surface area contributed by atoms with Crippen LogP contribution in [0.25, 0.3) is 17.2 Å². The number of benzene rings is 2. The number of ether oxygens (including phenoxy) is 2. The van der Waals surface area contributed by atoms with Crippen molar-refractivity contribution in [1.82, 2.24) is 4.98 Å². The predicted octanol–water partition coefficient (Wildman–Crippen LogP) is 6.97. The van der Waals surface area contributed by atoms with Crippen molar-refractivity contribution in [3.63, 3.8) is 0 Å². The maximum absolute atomic E-state index is 14.2. The number of carbonyl (C=O) groups excluding carboxylic acids is 1. The van der Waals surface area contributed by atoms with Crippen LogP contribution in [0, 0.1) is 17.0 Å². The topological polar surface area (TPSA) is 113 Å². The van der Waals surface area contributed by atoms with E-state index in [1.807, 2.05) is 6.07 Å². The standard InChI is InChI=1S/C32H37Cl2N3O6Si/c1-19-12-20(14-22(13-19)37(39)40)21-15-23-24(35-18-21)17-32(30(38)36-23,10-9-11-43-44(7,8)31(2,3)4)27-28(33)25(41-5)16-26(42-6)29(27)34/h12-18H,9-11H2,1-8H3. The largest absolute Gasteiger partial charge is 0.495 e. The smallest absolute Gasteiger partial charge is 0.270 e. The van der Waals surface area contributed by atoms with Crippen LogP contribution in [0.5, 0.6) is 11.5 Å². The molecule has 0 saturated heterocycles. The van der Waals surface area contributed by atoms with Crippen molar-refractivity contribution >= 4 is 49.2 Å². The van der Waals surface area contributed by atoms with Crippen LogP contribution in [0.15, 0.2) is 41.5 Å². The zero-order chi connectivity index (χ0) is 32.6. The first-order chi connectivity index (χ1) is 20.5. The molecule has 2 heterocycles. The zero-order valence-electron chi connectivity index (χ0n) is 26.2. The van der Waals surface area contributed by atoms with Crippen molar-refractivity contribution in [3.8, 4) is 22.6 Å². The third-order valence-electron chi connectivity index (χ3n) is 8.49. The zero-order valence-corrected chi connectivity index (χ0v) is 28.7. The molecule has 3 aromatic rings. The van der Waals surface area contributed by atoms with Crippen molar-refractivity contribution in [2.75, 3.05) is 20.8 Å². The number of rotatable bonds is 10. The molecule has 1 unspecified atom stereocenters. The van der Waals surface area contributed by atoms with E-state index in [0.717, 1.165) is 5.56 Å². The van der Waals surface area contributed by atoms with Crippen LogP contribution in [-0.4, -0.2) is 45.0 Å². The fourth-order valence-corrected chi connectivity index (χ4v) is 6.94. The van der Waals surface area contributed by atoms with Gasteiger partial charge in [-0.15, -0.1) is 0 Å². The second-order valence-electron chi connectivity index (χ2n) is 12.5. The van der Waals surface area contributed by atoms with E-state index >= 15 is 0 Å². The summed E-state index contributed by atoms with van der Waals surface area (Å²) in [7, 11) is 0.910. The van der Waals surface area contributed by atoms with Crippen LogP contribution in [0.3, 0.4) is 0 Å². The lowest BCUT2D eigenvalue weighted by atomic mass is 9.74. The number of non-ortho nitro benzene ring substituents is 1. The fourth-order valence-electron chi connectivity index (χ4n) is 5.02. The van der Waals surface area contributed by atoms with Gasteiger partial charge in [-0.3, -0.25) is 19.9 Å². The molecule has 0 spiro atoms. The molecule has 0 radical (unpaired) electrons. The Bertz CT molecular complexity index is 1730. The van der Waals surface area contributed by atoms with Gasteiger partial charge in [-0.1, -0.05) is 50.0 Å². The number of methoxy groups -OCH3 is 2. The molecule has 9 nitrogen and oxygen atoms in total. The Morgan fingerprint density at radius 3 is 2.20 bits per heavy atom. The molecule has 1 aliphatic heterocycles. The van der Waals surface area contributed by atoms with Gasteiger partial charge < -0.3 is 13.9 Å². The van der Waals surface area contributed by atoms with E-state index in [1.54, 1.807) is 31.3 Å². The molecule has 0 N–H and O–H groups in total. The Kier molecular flexibility index (Phi) is 9.61. The Hall–Kier alpha value is -3.31. The maximum atomic E-state index is 14.2. The van der Waals surface area contributed by atoms with Gasteiger partial charge in [0.2, 0.25) is 0 Å². The molecule has 1 amide bonds. The molecule has 2 aromatic carbocycles. The third-order valence-corrected chi connectivity index (χ3v) is 13.8. The molecule has 44 heavy (non-hydrogen) atoms. The molecule has 12 heteroatoms. The maximum Gasteiger partial charge on any atom is 0.270 e. The average molecular weight is 659 g/mol. The minimum absolute atomic E-state index is 0.0257. The van der Waals surface area contributed by atoms with E-state index in [1.165, 1.54) is 26.4 Å². The second kappa shape index (κ2) is 12.6. The van der Waals surface area contributed by atoms with E-state index in [9.17, 15) is 14.9 Å². The molecular formula is C32H37Cl2N3O6Si. The number of pyridine rings is 1. The van der Waals surface area contributed by atoms with E-state index in [0.29, 0.717) is 51.9 Å². The van der Waals surface area contributed by atoms with Gasteiger partial charge in [-0.2, -0.15) is 0 Å². The number of hydrogen-bond donors (Lipinski definition) is 0. The number of halogens is 2. The van der Waals surface area contributed by atoms with E-state index < -0.39 is 24.6 Å². The monoisotopic (exact) mass is 657 g/mol. The highest BCUT2D eigenvalue weighted by Gasteiger charge is 2.45. The first-order valence-electron chi connectivity index (χ1n) is 14.2. The van der Waals surface area contributed by atoms with Crippen molar-refractivity contribution in [2.45, 2.75) is 64.1 Å². The number of nitro groups is 1. The molecule has 1 atom stereocenters. The van der Waals surface area contributed by atoms with Crippen LogP contribution < -0.4 is 20.2 Å². The summed E-state index contributed by atoms with van der Waals surface area (Å²) in [6.07, 6.45) is 4.15. The summed E-state index contributed by atoms with van der Waals surface area (Å²) in [6.45, 7) is 13.1. The minimum atomic E-state index is -2.04. The van der Waals surface area contributed by atoms with Crippen LogP contribution in [0.2, 0.25) is 28.2 Å². The SMILES string of the molecule is COc1cc(OC)c(Cl)c(C2(CCCO[Si](C)(C)C(C)(C)C)C=c3ncc(-c4cc(C)cc([N+](=O)[O-])c4)cc3=NC2=O)c1Cl. The lowest BCUT2D eigenvalue weighted by Gasteiger charge is -2.37. The summed E-state index contributed by atoms with van der Waals surface area (Å²) in [6, 6.07) is 8.07. The van der Waals surface area contributed by atoms with Gasteiger partial charge in [-0.05, 0) is 61.2 Å². The highest BCUT2D eigenvalue weighted by atomic mass is 35.5. The lowest BCUT2D eigenvalue weighted by molar-refractivity contribution is -0.384. The Morgan fingerprint density at radius 1 is 1.00 bits per heavy atom. The average Bonchev–Trinajstić information content (AvgIpc) is 2.95.